The summed E-state index contributed by atoms with van der Waals surface area (Å²) in [5.74, 6) is -0.196. The molecule has 1 aromatic heterocycles. The second-order valence-corrected chi connectivity index (χ2v) is 5.13. The topological polar surface area (TPSA) is 84.9 Å². The Morgan fingerprint density at radius 2 is 1.71 bits per heavy atom. The van der Waals surface area contributed by atoms with E-state index >= 15 is 0 Å². The highest BCUT2D eigenvalue weighted by Crippen LogP contribution is 2.21. The van der Waals surface area contributed by atoms with Crippen molar-refractivity contribution in [1.82, 2.24) is 15.2 Å². The molecule has 0 atom stereocenters. The lowest BCUT2D eigenvalue weighted by molar-refractivity contribution is 0.0886. The Morgan fingerprint density at radius 1 is 0.958 bits per heavy atom. The van der Waals surface area contributed by atoms with Gasteiger partial charge in [-0.1, -0.05) is 42.5 Å². The van der Waals surface area contributed by atoms with Gasteiger partial charge in [0.25, 0.3) is 0 Å². The van der Waals surface area contributed by atoms with Gasteiger partial charge in [-0.25, -0.2) is 4.98 Å². The molecule has 0 spiro atoms. The lowest BCUT2D eigenvalue weighted by Gasteiger charge is -2.10. The van der Waals surface area contributed by atoms with Crippen LogP contribution in [0.3, 0.4) is 0 Å². The van der Waals surface area contributed by atoms with Gasteiger partial charge < -0.3 is 4.74 Å². The predicted octanol–water partition coefficient (Wildman–Crippen LogP) is 2.84. The number of Topliss-reactive ketones (excluding diaryl/α,β-unsaturated/α-hetero) is 2. The van der Waals surface area contributed by atoms with Crippen LogP contribution in [0.1, 0.15) is 33.0 Å². The highest BCUT2D eigenvalue weighted by molar-refractivity contribution is 6.13. The van der Waals surface area contributed by atoms with Crippen molar-refractivity contribution in [3.8, 4) is 5.75 Å². The Balaban J connectivity index is 1.71. The highest BCUT2D eigenvalue weighted by Gasteiger charge is 2.18. The molecular weight excluding hydrogens is 306 g/mol. The number of ether oxygens (including phenoxy) is 1. The Labute approximate surface area is 138 Å². The summed E-state index contributed by atoms with van der Waals surface area (Å²) in [5, 5.41) is 6.07. The first-order valence-corrected chi connectivity index (χ1v) is 7.41. The summed E-state index contributed by atoms with van der Waals surface area (Å²) in [6.07, 6.45) is 0.940. The zero-order valence-corrected chi connectivity index (χ0v) is 12.8. The third-order valence-electron chi connectivity index (χ3n) is 3.42. The number of benzene rings is 2. The smallest absolute Gasteiger partial charge is 0.207 e. The van der Waals surface area contributed by atoms with Crippen LogP contribution in [-0.4, -0.2) is 26.7 Å². The number of hydrogen-bond donors (Lipinski definition) is 1. The van der Waals surface area contributed by atoms with Gasteiger partial charge in [0.2, 0.25) is 5.78 Å². The molecule has 6 nitrogen and oxygen atoms in total. The van der Waals surface area contributed by atoms with Crippen molar-refractivity contribution in [2.24, 2.45) is 0 Å². The average Bonchev–Trinajstić information content (AvgIpc) is 3.16. The number of ketones is 2. The molecule has 2 aromatic carbocycles. The lowest BCUT2D eigenvalue weighted by atomic mass is 10.0. The van der Waals surface area contributed by atoms with E-state index < -0.39 is 5.78 Å². The molecule has 0 radical (unpaired) electrons. The quantitative estimate of drug-likeness (QED) is 0.534. The van der Waals surface area contributed by atoms with Crippen LogP contribution >= 0.6 is 0 Å². The van der Waals surface area contributed by atoms with Crippen molar-refractivity contribution < 1.29 is 14.3 Å². The third-order valence-corrected chi connectivity index (χ3v) is 3.42. The fraction of sp³-hybridized carbons (Fsp3) is 0.111. The maximum Gasteiger partial charge on any atom is 0.207 e. The van der Waals surface area contributed by atoms with Gasteiger partial charge in [-0.05, 0) is 17.7 Å². The van der Waals surface area contributed by atoms with Crippen LogP contribution in [0.5, 0.6) is 5.75 Å². The van der Waals surface area contributed by atoms with E-state index in [0.29, 0.717) is 17.9 Å². The lowest BCUT2D eigenvalue weighted by Crippen LogP contribution is -2.11. The standard InChI is InChI=1S/C18H15N3O3/c22-15(10-16(23)18-19-12-20-21-18)14-8-4-5-9-17(14)24-11-13-6-2-1-3-7-13/h1-9,12H,10-11H2,(H,19,20,21). The van der Waals surface area contributed by atoms with Crippen LogP contribution in [0.2, 0.25) is 0 Å². The van der Waals surface area contributed by atoms with Crippen LogP contribution in [0.4, 0.5) is 0 Å². The normalized spacial score (nSPS) is 10.3. The first kappa shape index (κ1) is 15.6. The molecule has 3 rings (SSSR count). The van der Waals surface area contributed by atoms with Gasteiger partial charge in [-0.3, -0.25) is 14.7 Å². The van der Waals surface area contributed by atoms with Gasteiger partial charge in [-0.15, -0.1) is 0 Å². The van der Waals surface area contributed by atoms with E-state index in [1.807, 2.05) is 30.3 Å². The molecule has 3 aromatic rings. The van der Waals surface area contributed by atoms with Crippen LogP contribution in [0.15, 0.2) is 60.9 Å². The number of hydrogen-bond acceptors (Lipinski definition) is 5. The zero-order chi connectivity index (χ0) is 16.8. The zero-order valence-electron chi connectivity index (χ0n) is 12.8. The van der Waals surface area contributed by atoms with Crippen molar-refractivity contribution in [2.45, 2.75) is 13.0 Å². The number of nitrogens with one attached hydrogen (secondary N) is 1. The first-order chi connectivity index (χ1) is 11.7. The fourth-order valence-corrected chi connectivity index (χ4v) is 2.22. The summed E-state index contributed by atoms with van der Waals surface area (Å²) in [5.41, 5.74) is 1.37. The van der Waals surface area contributed by atoms with Crippen LogP contribution in [0, 0.1) is 0 Å². The Morgan fingerprint density at radius 3 is 2.46 bits per heavy atom. The van der Waals surface area contributed by atoms with E-state index in [1.54, 1.807) is 24.3 Å². The van der Waals surface area contributed by atoms with E-state index in [-0.39, 0.29) is 18.0 Å². The molecule has 24 heavy (non-hydrogen) atoms. The van der Waals surface area contributed by atoms with E-state index in [4.69, 9.17) is 4.74 Å². The van der Waals surface area contributed by atoms with Crippen molar-refractivity contribution in [3.05, 3.63) is 77.9 Å². The molecule has 120 valence electrons. The largest absolute Gasteiger partial charge is 0.488 e. The molecule has 1 N–H and O–H groups in total. The summed E-state index contributed by atoms with van der Waals surface area (Å²) < 4.78 is 5.75. The molecule has 6 heteroatoms. The van der Waals surface area contributed by atoms with Gasteiger partial charge in [0.05, 0.1) is 12.0 Å². The molecule has 0 unspecified atom stereocenters. The minimum absolute atomic E-state index is 0.0750. The van der Waals surface area contributed by atoms with Crippen molar-refractivity contribution in [1.29, 1.82) is 0 Å². The van der Waals surface area contributed by atoms with Crippen molar-refractivity contribution in [2.75, 3.05) is 0 Å². The average molecular weight is 321 g/mol. The molecule has 0 aliphatic rings. The molecular formula is C18H15N3O3. The minimum atomic E-state index is -0.407. The van der Waals surface area contributed by atoms with Gasteiger partial charge in [0.1, 0.15) is 18.7 Å². The third kappa shape index (κ3) is 3.73. The molecule has 0 bridgehead atoms. The van der Waals surface area contributed by atoms with Gasteiger partial charge in [0.15, 0.2) is 11.6 Å². The van der Waals surface area contributed by atoms with Crippen LogP contribution in [0.25, 0.3) is 0 Å². The molecule has 0 saturated heterocycles. The van der Waals surface area contributed by atoms with Gasteiger partial charge in [-0.2, -0.15) is 5.10 Å². The number of aromatic nitrogens is 3. The monoisotopic (exact) mass is 321 g/mol. The molecule has 0 amide bonds. The van der Waals surface area contributed by atoms with Gasteiger partial charge >= 0.3 is 0 Å². The number of aromatic amines is 1. The Kier molecular flexibility index (Phi) is 4.76. The second kappa shape index (κ2) is 7.32. The maximum atomic E-state index is 12.4. The molecule has 1 heterocycles. The second-order valence-electron chi connectivity index (χ2n) is 5.13. The van der Waals surface area contributed by atoms with Crippen molar-refractivity contribution >= 4 is 11.6 Å². The first-order valence-electron chi connectivity index (χ1n) is 7.41. The highest BCUT2D eigenvalue weighted by atomic mass is 16.5. The summed E-state index contributed by atoms with van der Waals surface area (Å²) >= 11 is 0. The number of nitrogens with zero attached hydrogens (tertiary/aromatic N) is 2. The SMILES string of the molecule is O=C(CC(=O)c1ccccc1OCc1ccccc1)c1ncn[nH]1. The van der Waals surface area contributed by atoms with E-state index in [9.17, 15) is 9.59 Å². The van der Waals surface area contributed by atoms with E-state index in [0.717, 1.165) is 5.56 Å². The summed E-state index contributed by atoms with van der Waals surface area (Å²) in [7, 11) is 0. The number of carbonyl (C=O) groups excluding carboxylic acids is 2. The summed E-state index contributed by atoms with van der Waals surface area (Å²) in [6, 6.07) is 16.5. The Bertz CT molecular complexity index is 830. The Hall–Kier alpha value is -3.28. The molecule has 0 fully saturated rings. The molecule has 0 aliphatic heterocycles. The fourth-order valence-electron chi connectivity index (χ4n) is 2.22. The number of para-hydroxylation sites is 1. The molecule has 0 saturated carbocycles. The summed E-state index contributed by atoms with van der Waals surface area (Å²) in [6.45, 7) is 0.348. The number of carbonyl (C=O) groups is 2. The molecule has 0 aliphatic carbocycles. The number of rotatable bonds is 7. The number of H-pyrrole nitrogens is 1. The van der Waals surface area contributed by atoms with Gasteiger partial charge in [0, 0.05) is 0 Å². The van der Waals surface area contributed by atoms with Crippen molar-refractivity contribution in [3.63, 3.8) is 0 Å². The van der Waals surface area contributed by atoms with Crippen LogP contribution < -0.4 is 4.74 Å². The van der Waals surface area contributed by atoms with E-state index in [1.165, 1.54) is 6.33 Å². The minimum Gasteiger partial charge on any atom is -0.488 e. The summed E-state index contributed by atoms with van der Waals surface area (Å²) in [4.78, 5) is 28.2. The maximum absolute atomic E-state index is 12.4. The predicted molar refractivity (Wildman–Crippen MR) is 86.9 cm³/mol. The van der Waals surface area contributed by atoms with Crippen LogP contribution in [-0.2, 0) is 6.61 Å². The van der Waals surface area contributed by atoms with E-state index in [2.05, 4.69) is 15.2 Å².